The first kappa shape index (κ1) is 21.3. The van der Waals surface area contributed by atoms with E-state index >= 15 is 0 Å². The Labute approximate surface area is 187 Å². The van der Waals surface area contributed by atoms with Gasteiger partial charge in [0.05, 0.1) is 20.3 Å². The van der Waals surface area contributed by atoms with Crippen LogP contribution < -0.4 is 14.2 Å². The molecule has 1 aromatic heterocycles. The number of rotatable bonds is 8. The number of carbonyl (C=O) groups is 1. The number of aromatic amines is 1. The molecule has 0 fully saturated rings. The second-order valence-corrected chi connectivity index (χ2v) is 7.43. The molecule has 0 radical (unpaired) electrons. The Morgan fingerprint density at radius 1 is 0.875 bits per heavy atom. The lowest BCUT2D eigenvalue weighted by Gasteiger charge is -2.29. The minimum atomic E-state index is -0.288. The molecule has 0 unspecified atom stereocenters. The van der Waals surface area contributed by atoms with Crippen molar-refractivity contribution in [2.45, 2.75) is 6.04 Å². The first-order chi connectivity index (χ1) is 15.6. The standard InChI is InChI=1S/C26H26N2O4/c1-28(25(29)17-32-21-14-12-20(31-3)13-15-21)26(18-8-10-19(30-2)11-9-18)23-16-27-24-7-5-4-6-22(23)24/h4-16,26-27H,17H2,1-3H3/t26-/m1/s1. The van der Waals surface area contributed by atoms with Gasteiger partial charge >= 0.3 is 0 Å². The van der Waals surface area contributed by atoms with Gasteiger partial charge in [0.1, 0.15) is 17.2 Å². The molecule has 1 atom stereocenters. The number of nitrogens with one attached hydrogen (secondary N) is 1. The molecule has 3 aromatic carbocycles. The molecular weight excluding hydrogens is 404 g/mol. The van der Waals surface area contributed by atoms with E-state index in [-0.39, 0.29) is 18.6 Å². The third kappa shape index (κ3) is 4.39. The zero-order valence-corrected chi connectivity index (χ0v) is 18.4. The number of hydrogen-bond donors (Lipinski definition) is 1. The maximum Gasteiger partial charge on any atom is 0.261 e. The minimum Gasteiger partial charge on any atom is -0.497 e. The average Bonchev–Trinajstić information content (AvgIpc) is 3.27. The molecular formula is C26H26N2O4. The first-order valence-corrected chi connectivity index (χ1v) is 10.3. The molecule has 32 heavy (non-hydrogen) atoms. The van der Waals surface area contributed by atoms with Gasteiger partial charge in [-0.25, -0.2) is 0 Å². The first-order valence-electron chi connectivity index (χ1n) is 10.3. The third-order valence-corrected chi connectivity index (χ3v) is 5.55. The van der Waals surface area contributed by atoms with Crippen molar-refractivity contribution in [1.82, 2.24) is 9.88 Å². The molecule has 0 spiro atoms. The van der Waals surface area contributed by atoms with Crippen molar-refractivity contribution >= 4 is 16.8 Å². The molecule has 164 valence electrons. The van der Waals surface area contributed by atoms with Crippen LogP contribution in [0.15, 0.2) is 79.0 Å². The normalized spacial score (nSPS) is 11.7. The molecule has 4 aromatic rings. The molecule has 4 rings (SSSR count). The topological polar surface area (TPSA) is 63.8 Å². The number of ether oxygens (including phenoxy) is 3. The van der Waals surface area contributed by atoms with Crippen LogP contribution in [0.4, 0.5) is 0 Å². The molecule has 0 aliphatic heterocycles. The number of benzene rings is 3. The van der Waals surface area contributed by atoms with Crippen molar-refractivity contribution in [2.75, 3.05) is 27.9 Å². The van der Waals surface area contributed by atoms with Crippen LogP contribution in [-0.2, 0) is 4.79 Å². The molecule has 0 bridgehead atoms. The lowest BCUT2D eigenvalue weighted by Crippen LogP contribution is -2.35. The van der Waals surface area contributed by atoms with Gasteiger partial charge in [-0.3, -0.25) is 4.79 Å². The van der Waals surface area contributed by atoms with E-state index in [1.807, 2.05) is 48.7 Å². The number of likely N-dealkylation sites (N-methyl/N-ethyl adjacent to an activating group) is 1. The number of aromatic nitrogens is 1. The minimum absolute atomic E-state index is 0.0716. The van der Waals surface area contributed by atoms with Crippen molar-refractivity contribution < 1.29 is 19.0 Å². The third-order valence-electron chi connectivity index (χ3n) is 5.55. The van der Waals surface area contributed by atoms with Crippen molar-refractivity contribution in [1.29, 1.82) is 0 Å². The Kier molecular flexibility index (Phi) is 6.31. The predicted octanol–water partition coefficient (Wildman–Crippen LogP) is 4.81. The van der Waals surface area contributed by atoms with Crippen LogP contribution in [0, 0.1) is 0 Å². The smallest absolute Gasteiger partial charge is 0.261 e. The second kappa shape index (κ2) is 9.47. The van der Waals surface area contributed by atoms with E-state index in [0.717, 1.165) is 33.5 Å². The number of hydrogen-bond acceptors (Lipinski definition) is 4. The van der Waals surface area contributed by atoms with Crippen molar-refractivity contribution in [3.05, 3.63) is 90.1 Å². The van der Waals surface area contributed by atoms with Crippen LogP contribution in [0.5, 0.6) is 17.2 Å². The zero-order chi connectivity index (χ0) is 22.5. The molecule has 6 heteroatoms. The van der Waals surface area contributed by atoms with Crippen molar-refractivity contribution in [2.24, 2.45) is 0 Å². The SMILES string of the molecule is COc1ccc(OCC(=O)N(C)[C@H](c2ccc(OC)cc2)c2c[nH]c3ccccc23)cc1. The molecule has 6 nitrogen and oxygen atoms in total. The molecule has 0 saturated heterocycles. The van der Waals surface area contributed by atoms with Gasteiger partial charge in [-0.2, -0.15) is 0 Å². The quantitative estimate of drug-likeness (QED) is 0.436. The van der Waals surface area contributed by atoms with Crippen LogP contribution >= 0.6 is 0 Å². The Bertz CT molecular complexity index is 1180. The monoisotopic (exact) mass is 430 g/mol. The lowest BCUT2D eigenvalue weighted by atomic mass is 9.96. The number of H-pyrrole nitrogens is 1. The summed E-state index contributed by atoms with van der Waals surface area (Å²) < 4.78 is 16.2. The number of para-hydroxylation sites is 1. The Hall–Kier alpha value is -3.93. The van der Waals surface area contributed by atoms with Gasteiger partial charge in [0, 0.05) is 29.7 Å². The van der Waals surface area contributed by atoms with Crippen molar-refractivity contribution in [3.8, 4) is 17.2 Å². The second-order valence-electron chi connectivity index (χ2n) is 7.43. The highest BCUT2D eigenvalue weighted by atomic mass is 16.5. The van der Waals surface area contributed by atoms with Gasteiger partial charge in [-0.05, 0) is 48.0 Å². The highest BCUT2D eigenvalue weighted by Gasteiger charge is 2.26. The summed E-state index contributed by atoms with van der Waals surface area (Å²) in [6, 6.07) is 22.7. The molecule has 1 N–H and O–H groups in total. The molecule has 0 aliphatic rings. The van der Waals surface area contributed by atoms with E-state index < -0.39 is 0 Å². The number of fused-ring (bicyclic) bond motifs is 1. The average molecular weight is 431 g/mol. The van der Waals surface area contributed by atoms with E-state index in [0.29, 0.717) is 5.75 Å². The van der Waals surface area contributed by atoms with Crippen LogP contribution in [0.2, 0.25) is 0 Å². The number of carbonyl (C=O) groups excluding carboxylic acids is 1. The summed E-state index contributed by atoms with van der Waals surface area (Å²) in [6.45, 7) is -0.0716. The summed E-state index contributed by atoms with van der Waals surface area (Å²) in [5.74, 6) is 1.98. The van der Waals surface area contributed by atoms with Crippen LogP contribution in [0.25, 0.3) is 10.9 Å². The van der Waals surface area contributed by atoms with Gasteiger partial charge in [0.2, 0.25) is 0 Å². The summed E-state index contributed by atoms with van der Waals surface area (Å²) in [4.78, 5) is 18.2. The molecule has 1 amide bonds. The van der Waals surface area contributed by atoms with E-state index in [2.05, 4.69) is 11.1 Å². The van der Waals surface area contributed by atoms with E-state index in [4.69, 9.17) is 14.2 Å². The fourth-order valence-corrected chi connectivity index (χ4v) is 3.78. The molecule has 1 heterocycles. The summed E-state index contributed by atoms with van der Waals surface area (Å²) in [7, 11) is 5.05. The summed E-state index contributed by atoms with van der Waals surface area (Å²) in [5.41, 5.74) is 3.03. The summed E-state index contributed by atoms with van der Waals surface area (Å²) in [5, 5.41) is 1.07. The lowest BCUT2D eigenvalue weighted by molar-refractivity contribution is -0.133. The number of amides is 1. The highest BCUT2D eigenvalue weighted by molar-refractivity contribution is 5.85. The van der Waals surface area contributed by atoms with Crippen LogP contribution in [0.1, 0.15) is 17.2 Å². The Balaban J connectivity index is 1.61. The van der Waals surface area contributed by atoms with Gasteiger partial charge in [-0.15, -0.1) is 0 Å². The van der Waals surface area contributed by atoms with E-state index in [9.17, 15) is 4.79 Å². The Morgan fingerprint density at radius 2 is 1.47 bits per heavy atom. The van der Waals surface area contributed by atoms with Gasteiger partial charge in [0.15, 0.2) is 6.61 Å². The van der Waals surface area contributed by atoms with Crippen molar-refractivity contribution in [3.63, 3.8) is 0 Å². The van der Waals surface area contributed by atoms with Crippen LogP contribution in [-0.4, -0.2) is 43.7 Å². The van der Waals surface area contributed by atoms with E-state index in [1.54, 1.807) is 50.4 Å². The highest BCUT2D eigenvalue weighted by Crippen LogP contribution is 2.34. The molecule has 0 aliphatic carbocycles. The molecule has 0 saturated carbocycles. The zero-order valence-electron chi connectivity index (χ0n) is 18.4. The fourth-order valence-electron chi connectivity index (χ4n) is 3.78. The van der Waals surface area contributed by atoms with Gasteiger partial charge in [0.25, 0.3) is 5.91 Å². The summed E-state index contributed by atoms with van der Waals surface area (Å²) in [6.07, 6.45) is 1.97. The Morgan fingerprint density at radius 3 is 2.12 bits per heavy atom. The predicted molar refractivity (Wildman–Crippen MR) is 124 cm³/mol. The fraction of sp³-hybridized carbons (Fsp3) is 0.192. The largest absolute Gasteiger partial charge is 0.497 e. The summed E-state index contributed by atoms with van der Waals surface area (Å²) >= 11 is 0. The van der Waals surface area contributed by atoms with Crippen LogP contribution in [0.3, 0.4) is 0 Å². The van der Waals surface area contributed by atoms with E-state index in [1.165, 1.54) is 0 Å². The number of methoxy groups -OCH3 is 2. The van der Waals surface area contributed by atoms with Gasteiger partial charge in [-0.1, -0.05) is 30.3 Å². The maximum absolute atomic E-state index is 13.1. The van der Waals surface area contributed by atoms with Gasteiger partial charge < -0.3 is 24.1 Å². The number of nitrogens with zero attached hydrogens (tertiary/aromatic N) is 1. The maximum atomic E-state index is 13.1.